The van der Waals surface area contributed by atoms with Crippen molar-refractivity contribution in [2.75, 3.05) is 0 Å². The number of fused-ring (bicyclic) bond motifs is 2. The molecule has 2 aromatic heterocycles. The standard InChI is InChI=1S/C17H13N3OS/c1-9-5-12(21)7-13-10(2)19-17(20-16(9)13)14-6-11-3-4-22-15(11)8-18-14/h3-8,21H,2H2,1H3,(H,19,20). The second kappa shape index (κ2) is 4.68. The Bertz CT molecular complexity index is 956. The van der Waals surface area contributed by atoms with Gasteiger partial charge in [0.25, 0.3) is 0 Å². The fourth-order valence-corrected chi connectivity index (χ4v) is 3.35. The summed E-state index contributed by atoms with van der Waals surface area (Å²) in [6.07, 6.45) is 1.86. The van der Waals surface area contributed by atoms with Crippen LogP contribution in [0.5, 0.6) is 5.75 Å². The molecule has 0 atom stereocenters. The van der Waals surface area contributed by atoms with Crippen molar-refractivity contribution < 1.29 is 5.11 Å². The Morgan fingerprint density at radius 3 is 3.00 bits per heavy atom. The molecule has 0 spiro atoms. The number of pyridine rings is 1. The summed E-state index contributed by atoms with van der Waals surface area (Å²) in [5.41, 5.74) is 4.05. The van der Waals surface area contributed by atoms with Gasteiger partial charge in [0.15, 0.2) is 5.84 Å². The van der Waals surface area contributed by atoms with E-state index in [-0.39, 0.29) is 5.75 Å². The monoisotopic (exact) mass is 307 g/mol. The van der Waals surface area contributed by atoms with Crippen LogP contribution in [0.3, 0.4) is 0 Å². The average molecular weight is 307 g/mol. The number of phenolic OH excluding ortho intramolecular Hbond substituents is 1. The van der Waals surface area contributed by atoms with E-state index in [0.717, 1.165) is 32.6 Å². The molecule has 0 radical (unpaired) electrons. The van der Waals surface area contributed by atoms with Crippen LogP contribution in [-0.2, 0) is 0 Å². The van der Waals surface area contributed by atoms with Gasteiger partial charge in [-0.1, -0.05) is 6.58 Å². The van der Waals surface area contributed by atoms with Crippen LogP contribution in [0.2, 0.25) is 0 Å². The molecule has 0 bridgehead atoms. The lowest BCUT2D eigenvalue weighted by atomic mass is 10.0. The summed E-state index contributed by atoms with van der Waals surface area (Å²) in [6, 6.07) is 7.47. The van der Waals surface area contributed by atoms with Gasteiger partial charge < -0.3 is 10.4 Å². The summed E-state index contributed by atoms with van der Waals surface area (Å²) in [7, 11) is 0. The summed E-state index contributed by atoms with van der Waals surface area (Å²) < 4.78 is 1.15. The number of benzene rings is 1. The fourth-order valence-electron chi connectivity index (χ4n) is 2.61. The molecular weight excluding hydrogens is 294 g/mol. The number of aliphatic imine (C=N–C) groups is 1. The normalized spacial score (nSPS) is 13.7. The Morgan fingerprint density at radius 2 is 2.14 bits per heavy atom. The van der Waals surface area contributed by atoms with E-state index < -0.39 is 0 Å². The molecule has 3 aromatic rings. The quantitative estimate of drug-likeness (QED) is 0.715. The molecule has 4 rings (SSSR count). The number of phenols is 1. The van der Waals surface area contributed by atoms with Gasteiger partial charge in [-0.3, -0.25) is 4.98 Å². The summed E-state index contributed by atoms with van der Waals surface area (Å²) in [4.78, 5) is 9.16. The predicted molar refractivity (Wildman–Crippen MR) is 90.8 cm³/mol. The van der Waals surface area contributed by atoms with E-state index in [1.165, 1.54) is 0 Å². The minimum Gasteiger partial charge on any atom is -0.508 e. The Balaban J connectivity index is 1.88. The molecule has 2 N–H and O–H groups in total. The number of amidine groups is 1. The largest absolute Gasteiger partial charge is 0.508 e. The molecule has 0 amide bonds. The van der Waals surface area contributed by atoms with Crippen LogP contribution in [-0.4, -0.2) is 15.9 Å². The third-order valence-electron chi connectivity index (χ3n) is 3.69. The smallest absolute Gasteiger partial charge is 0.157 e. The topological polar surface area (TPSA) is 57.5 Å². The highest BCUT2D eigenvalue weighted by molar-refractivity contribution is 7.17. The van der Waals surface area contributed by atoms with E-state index >= 15 is 0 Å². The molecule has 108 valence electrons. The summed E-state index contributed by atoms with van der Waals surface area (Å²) in [6.45, 7) is 5.96. The Kier molecular flexibility index (Phi) is 2.77. The Hall–Kier alpha value is -2.66. The van der Waals surface area contributed by atoms with Crippen molar-refractivity contribution in [2.24, 2.45) is 4.99 Å². The first-order valence-electron chi connectivity index (χ1n) is 6.84. The third-order valence-corrected chi connectivity index (χ3v) is 4.55. The molecule has 0 fully saturated rings. The van der Waals surface area contributed by atoms with Crippen molar-refractivity contribution >= 4 is 38.6 Å². The van der Waals surface area contributed by atoms with Crippen molar-refractivity contribution in [1.82, 2.24) is 10.3 Å². The highest BCUT2D eigenvalue weighted by Gasteiger charge is 2.19. The van der Waals surface area contributed by atoms with Gasteiger partial charge >= 0.3 is 0 Å². The molecular formula is C17H13N3OS. The summed E-state index contributed by atoms with van der Waals surface area (Å²) in [5.74, 6) is 0.898. The number of nitrogens with zero attached hydrogens (tertiary/aromatic N) is 2. The van der Waals surface area contributed by atoms with Crippen LogP contribution >= 0.6 is 11.3 Å². The molecule has 4 nitrogen and oxygen atoms in total. The lowest BCUT2D eigenvalue weighted by Crippen LogP contribution is -2.26. The fraction of sp³-hybridized carbons (Fsp3) is 0.0588. The maximum atomic E-state index is 9.74. The van der Waals surface area contributed by atoms with E-state index in [1.807, 2.05) is 24.6 Å². The van der Waals surface area contributed by atoms with Crippen LogP contribution in [0, 0.1) is 6.92 Å². The second-order valence-corrected chi connectivity index (χ2v) is 6.20. The van der Waals surface area contributed by atoms with E-state index in [1.54, 1.807) is 23.5 Å². The van der Waals surface area contributed by atoms with Crippen LogP contribution in [0.4, 0.5) is 5.69 Å². The van der Waals surface area contributed by atoms with Crippen molar-refractivity contribution in [2.45, 2.75) is 6.92 Å². The Labute approximate surface area is 131 Å². The van der Waals surface area contributed by atoms with Gasteiger partial charge in [-0.15, -0.1) is 11.3 Å². The highest BCUT2D eigenvalue weighted by Crippen LogP contribution is 2.35. The maximum Gasteiger partial charge on any atom is 0.157 e. The minimum atomic E-state index is 0.218. The SMILES string of the molecule is C=C1NC(c2cc3ccsc3cn2)=Nc2c(C)cc(O)cc21. The molecule has 0 saturated heterocycles. The molecule has 0 unspecified atom stereocenters. The van der Waals surface area contributed by atoms with Gasteiger partial charge in [0.1, 0.15) is 11.4 Å². The molecule has 1 aromatic carbocycles. The van der Waals surface area contributed by atoms with Gasteiger partial charge in [-0.2, -0.15) is 0 Å². The lowest BCUT2D eigenvalue weighted by molar-refractivity contribution is 0.474. The van der Waals surface area contributed by atoms with E-state index in [2.05, 4.69) is 27.9 Å². The number of nitrogens with one attached hydrogen (secondary N) is 1. The first kappa shape index (κ1) is 13.0. The van der Waals surface area contributed by atoms with Crippen LogP contribution in [0.1, 0.15) is 16.8 Å². The van der Waals surface area contributed by atoms with Gasteiger partial charge in [0.05, 0.1) is 10.4 Å². The lowest BCUT2D eigenvalue weighted by Gasteiger charge is -2.21. The van der Waals surface area contributed by atoms with Crippen LogP contribution < -0.4 is 5.32 Å². The third kappa shape index (κ3) is 1.98. The molecule has 1 aliphatic rings. The van der Waals surface area contributed by atoms with Crippen LogP contribution in [0.15, 0.2) is 47.4 Å². The number of hydrogen-bond donors (Lipinski definition) is 2. The van der Waals surface area contributed by atoms with E-state index in [0.29, 0.717) is 11.5 Å². The number of aryl methyl sites for hydroxylation is 1. The zero-order valence-electron chi connectivity index (χ0n) is 11.9. The van der Waals surface area contributed by atoms with E-state index in [4.69, 9.17) is 0 Å². The molecule has 5 heteroatoms. The van der Waals surface area contributed by atoms with Crippen molar-refractivity contribution in [1.29, 1.82) is 0 Å². The number of aromatic hydroxyl groups is 1. The number of hydrogen-bond acceptors (Lipinski definition) is 5. The highest BCUT2D eigenvalue weighted by atomic mass is 32.1. The summed E-state index contributed by atoms with van der Waals surface area (Å²) in [5, 5.41) is 16.1. The van der Waals surface area contributed by atoms with Gasteiger partial charge in [0, 0.05) is 17.5 Å². The van der Waals surface area contributed by atoms with Crippen molar-refractivity contribution in [3.8, 4) is 5.75 Å². The Morgan fingerprint density at radius 1 is 1.27 bits per heavy atom. The van der Waals surface area contributed by atoms with Gasteiger partial charge in [0.2, 0.25) is 0 Å². The zero-order chi connectivity index (χ0) is 15.3. The van der Waals surface area contributed by atoms with Crippen LogP contribution in [0.25, 0.3) is 15.8 Å². The zero-order valence-corrected chi connectivity index (χ0v) is 12.7. The molecule has 1 aliphatic heterocycles. The van der Waals surface area contributed by atoms with Crippen molar-refractivity contribution in [3.05, 3.63) is 59.2 Å². The number of rotatable bonds is 1. The van der Waals surface area contributed by atoms with Gasteiger partial charge in [-0.05, 0) is 47.5 Å². The number of aromatic nitrogens is 1. The second-order valence-electron chi connectivity index (χ2n) is 5.25. The molecule has 3 heterocycles. The average Bonchev–Trinajstić information content (AvgIpc) is 2.95. The predicted octanol–water partition coefficient (Wildman–Crippen LogP) is 3.96. The first-order valence-corrected chi connectivity index (χ1v) is 7.72. The maximum absolute atomic E-state index is 9.74. The molecule has 22 heavy (non-hydrogen) atoms. The summed E-state index contributed by atoms with van der Waals surface area (Å²) >= 11 is 1.67. The number of thiophene rings is 1. The van der Waals surface area contributed by atoms with Gasteiger partial charge in [-0.25, -0.2) is 4.99 Å². The molecule has 0 saturated carbocycles. The van der Waals surface area contributed by atoms with E-state index in [9.17, 15) is 5.11 Å². The first-order chi connectivity index (χ1) is 10.6. The van der Waals surface area contributed by atoms with Crippen molar-refractivity contribution in [3.63, 3.8) is 0 Å². The minimum absolute atomic E-state index is 0.218. The molecule has 0 aliphatic carbocycles.